The molecule has 0 amide bonds. The lowest BCUT2D eigenvalue weighted by molar-refractivity contribution is 0.381. The molecular weight excluding hydrogens is 950 g/mol. The summed E-state index contributed by atoms with van der Waals surface area (Å²) >= 11 is 0. The molecule has 0 atom stereocenters. The summed E-state index contributed by atoms with van der Waals surface area (Å²) in [6.07, 6.45) is 2.31. The Labute approximate surface area is 356 Å². The average Bonchev–Trinajstić information content (AvgIpc) is 4.10. The molecule has 0 radical (unpaired) electrons. The van der Waals surface area contributed by atoms with E-state index < -0.39 is 205 Å². The maximum absolute atomic E-state index is 15.9. The summed E-state index contributed by atoms with van der Waals surface area (Å²) in [5.74, 6) is -53.2. The summed E-state index contributed by atoms with van der Waals surface area (Å²) in [7, 11) is 0. The van der Waals surface area contributed by atoms with Crippen molar-refractivity contribution in [1.82, 2.24) is 15.0 Å². The van der Waals surface area contributed by atoms with E-state index in [9.17, 15) is 52.7 Å². The lowest BCUT2D eigenvalue weighted by atomic mass is 9.92. The molecule has 3 nitrogen and oxygen atoms in total. The second kappa shape index (κ2) is 15.4. The van der Waals surface area contributed by atoms with Crippen LogP contribution in [0.25, 0.3) is 79.8 Å². The van der Waals surface area contributed by atoms with E-state index in [-0.39, 0.29) is 0 Å². The summed E-state index contributed by atoms with van der Waals surface area (Å²) in [5.41, 5.74) is -19.0. The van der Waals surface area contributed by atoms with E-state index in [0.29, 0.717) is 48.6 Å². The number of aromatic nitrogens is 3. The molecule has 340 valence electrons. The van der Waals surface area contributed by atoms with Gasteiger partial charge in [0.15, 0.2) is 93.1 Å². The number of H-pyrrole nitrogens is 1. The second-order valence-corrected chi connectivity index (χ2v) is 14.2. The molecule has 0 unspecified atom stereocenters. The lowest BCUT2D eigenvalue weighted by Gasteiger charge is -2.14. The Bertz CT molecular complexity index is 3360. The maximum atomic E-state index is 15.9. The molecule has 4 aliphatic rings. The van der Waals surface area contributed by atoms with Crippen molar-refractivity contribution in [2.24, 2.45) is 0 Å². The van der Waals surface area contributed by atoms with Crippen molar-refractivity contribution in [3.05, 3.63) is 174 Å². The molecule has 1 aliphatic carbocycles. The van der Waals surface area contributed by atoms with Crippen LogP contribution in [0.2, 0.25) is 0 Å². The number of fused-ring (bicyclic) bond motifs is 6. The van der Waals surface area contributed by atoms with Crippen LogP contribution in [-0.2, 0) is 0 Å². The Kier molecular flexibility index (Phi) is 10.3. The van der Waals surface area contributed by atoms with Crippen LogP contribution < -0.4 is 0 Å². The molecule has 0 saturated carbocycles. The maximum Gasteiger partial charge on any atom is 0.200 e. The molecule has 4 heterocycles. The molecule has 1 N–H and O–H groups in total. The minimum Gasteiger partial charge on any atom is -0.354 e. The van der Waals surface area contributed by atoms with Gasteiger partial charge in [0, 0.05) is 33.3 Å². The molecule has 67 heavy (non-hydrogen) atoms. The van der Waals surface area contributed by atoms with E-state index in [1.165, 1.54) is 0 Å². The van der Waals surface area contributed by atoms with Crippen molar-refractivity contribution in [2.75, 3.05) is 0 Å². The largest absolute Gasteiger partial charge is 0.354 e. The fourth-order valence-electron chi connectivity index (χ4n) is 7.55. The van der Waals surface area contributed by atoms with E-state index in [1.54, 1.807) is 0 Å². The van der Waals surface area contributed by atoms with Crippen LogP contribution >= 0.6 is 0 Å². The lowest BCUT2D eigenvalue weighted by Crippen LogP contribution is -2.07. The molecule has 1 aromatic heterocycles. The van der Waals surface area contributed by atoms with Crippen molar-refractivity contribution >= 4 is 35.3 Å². The fraction of sp³-hybridized carbons (Fsp3) is 0. The second-order valence-electron chi connectivity index (χ2n) is 14.2. The first-order valence-electron chi connectivity index (χ1n) is 18.1. The van der Waals surface area contributed by atoms with Crippen LogP contribution in [0.15, 0.2) is 24.3 Å². The van der Waals surface area contributed by atoms with Crippen LogP contribution in [0, 0.1) is 127 Å². The SMILES string of the molecule is Fc1c(F)c(F)c(-c2c3nc(c(-c4c(F)c(F)c(F)c(F)c4F)c4ccc([nH]4)c(-c4c(F)c(F)c(F)c(F)c4F)c4nc(c(-c5c(F)c(F)c(F)c(F)c5F)c5ccc2=5)C=C4)C=C3)c(F)c1F. The molecule has 0 spiro atoms. The number of hydrogen-bond acceptors (Lipinski definition) is 2. The Hall–Kier alpha value is -7.72. The highest BCUT2D eigenvalue weighted by atomic mass is 19.2. The van der Waals surface area contributed by atoms with Gasteiger partial charge in [-0.3, -0.25) is 0 Å². The van der Waals surface area contributed by atoms with Crippen molar-refractivity contribution < 1.29 is 87.8 Å². The van der Waals surface area contributed by atoms with E-state index >= 15 is 35.1 Å². The van der Waals surface area contributed by atoms with Gasteiger partial charge in [-0.2, -0.15) is 0 Å². The first kappa shape index (κ1) is 44.5. The predicted octanol–water partition coefficient (Wildman–Crippen LogP) is 13.8. The third kappa shape index (κ3) is 6.22. The number of benzene rings is 4. The quantitative estimate of drug-likeness (QED) is 0.108. The van der Waals surface area contributed by atoms with Gasteiger partial charge >= 0.3 is 0 Å². The Morgan fingerprint density at radius 1 is 0.224 bits per heavy atom. The van der Waals surface area contributed by atoms with Crippen molar-refractivity contribution in [1.29, 1.82) is 0 Å². The van der Waals surface area contributed by atoms with Crippen LogP contribution in [0.4, 0.5) is 87.8 Å². The van der Waals surface area contributed by atoms with Gasteiger partial charge in [-0.05, 0) is 46.9 Å². The molecule has 0 saturated heterocycles. The molecule has 6 bridgehead atoms. The fourth-order valence-corrected chi connectivity index (χ4v) is 7.55. The monoisotopic (exact) mass is 959 g/mol. The zero-order valence-corrected chi connectivity index (χ0v) is 31.6. The summed E-state index contributed by atoms with van der Waals surface area (Å²) in [4.78, 5) is 10.1. The van der Waals surface area contributed by atoms with Crippen molar-refractivity contribution in [3.8, 4) is 44.5 Å². The van der Waals surface area contributed by atoms with Crippen LogP contribution in [0.3, 0.4) is 0 Å². The standard InChI is InChI=1S/C44H9F20N3/c45-25-21(26(46)34(54)41(61)33(25)53)17-9-1-2-10(9)18(22-27(47)35(55)42(62)36(56)28(22)48)12-4-6-14(66-12)20(24-31(51)39(59)44(64)40(60)32(24)52)16-8-7-15(67-16)19(13-5-3-11(17)65-13)23-29(49)37(57)43(63)38(58)30(23)50/h1-8,67H. The highest BCUT2D eigenvalue weighted by molar-refractivity contribution is 5.97. The van der Waals surface area contributed by atoms with Gasteiger partial charge in [-0.25, -0.2) is 97.8 Å². The van der Waals surface area contributed by atoms with E-state index in [0.717, 1.165) is 0 Å². The third-order valence-electron chi connectivity index (χ3n) is 10.6. The van der Waals surface area contributed by atoms with Crippen LogP contribution in [0.5, 0.6) is 0 Å². The molecule has 9 rings (SSSR count). The van der Waals surface area contributed by atoms with Gasteiger partial charge in [-0.1, -0.05) is 12.1 Å². The number of hydrogen-bond donors (Lipinski definition) is 1. The summed E-state index contributed by atoms with van der Waals surface area (Å²) in [6.45, 7) is 0. The number of nitrogens with one attached hydrogen (secondary N) is 1. The molecule has 0 fully saturated rings. The third-order valence-corrected chi connectivity index (χ3v) is 10.6. The van der Waals surface area contributed by atoms with Gasteiger partial charge < -0.3 is 4.98 Å². The minimum atomic E-state index is -2.75. The topological polar surface area (TPSA) is 41.6 Å². The Morgan fingerprint density at radius 3 is 0.642 bits per heavy atom. The molecule has 5 aromatic rings. The Morgan fingerprint density at radius 2 is 0.418 bits per heavy atom. The zero-order chi connectivity index (χ0) is 48.6. The molecule has 23 heteroatoms. The molecular formula is C44H9F20N3. The van der Waals surface area contributed by atoms with Crippen LogP contribution in [-0.4, -0.2) is 15.0 Å². The highest BCUT2D eigenvalue weighted by Crippen LogP contribution is 2.44. The van der Waals surface area contributed by atoms with E-state index in [2.05, 4.69) is 15.0 Å². The first-order chi connectivity index (χ1) is 31.6. The normalized spacial score (nSPS) is 12.4. The van der Waals surface area contributed by atoms with Gasteiger partial charge in [0.2, 0.25) is 23.3 Å². The predicted molar refractivity (Wildman–Crippen MR) is 194 cm³/mol. The highest BCUT2D eigenvalue weighted by Gasteiger charge is 2.35. The average molecular weight is 960 g/mol. The van der Waals surface area contributed by atoms with Gasteiger partial charge in [0.1, 0.15) is 0 Å². The number of rotatable bonds is 4. The van der Waals surface area contributed by atoms with E-state index in [1.807, 2.05) is 0 Å². The zero-order valence-electron chi connectivity index (χ0n) is 31.6. The summed E-state index contributed by atoms with van der Waals surface area (Å²) < 4.78 is 304. The van der Waals surface area contributed by atoms with Crippen molar-refractivity contribution in [2.45, 2.75) is 0 Å². The number of halogens is 20. The molecule has 4 aromatic carbocycles. The van der Waals surface area contributed by atoms with Crippen molar-refractivity contribution in [3.63, 3.8) is 0 Å². The molecule has 3 aliphatic heterocycles. The van der Waals surface area contributed by atoms with E-state index in [4.69, 9.17) is 0 Å². The van der Waals surface area contributed by atoms with Gasteiger partial charge in [0.05, 0.1) is 45.0 Å². The summed E-state index contributed by atoms with van der Waals surface area (Å²) in [6, 6.07) is 2.64. The number of nitrogens with zero attached hydrogens (tertiary/aromatic N) is 2. The number of aromatic amines is 1. The minimum absolute atomic E-state index is 0.574. The smallest absolute Gasteiger partial charge is 0.200 e. The van der Waals surface area contributed by atoms with Gasteiger partial charge in [0.25, 0.3) is 0 Å². The summed E-state index contributed by atoms with van der Waals surface area (Å²) in [5, 5.41) is -1.95. The first-order valence-corrected chi connectivity index (χ1v) is 18.1. The Balaban J connectivity index is 1.64. The van der Waals surface area contributed by atoms with Gasteiger partial charge in [-0.15, -0.1) is 0 Å². The van der Waals surface area contributed by atoms with Crippen LogP contribution in [0.1, 0.15) is 22.8 Å².